The molecule has 3 nitrogen and oxygen atoms in total. The van der Waals surface area contributed by atoms with Gasteiger partial charge in [0.05, 0.1) is 18.0 Å². The van der Waals surface area contributed by atoms with E-state index in [0.29, 0.717) is 11.5 Å². The Morgan fingerprint density at radius 1 is 0.356 bits per heavy atom. The van der Waals surface area contributed by atoms with Gasteiger partial charge in [-0.25, -0.2) is 14.8 Å². The minimum absolute atomic E-state index is 0.142. The number of rotatable bonds is 7. The molecule has 0 amide bonds. The Bertz CT molecular complexity index is 2910. The molecule has 0 aliphatic heterocycles. The lowest BCUT2D eigenvalue weighted by Gasteiger charge is -2.21. The van der Waals surface area contributed by atoms with E-state index in [1.54, 1.807) is 0 Å². The Labute approximate surface area is 345 Å². The van der Waals surface area contributed by atoms with Crippen LogP contribution >= 0.6 is 0 Å². The molecule has 1 aliphatic carbocycles. The minimum atomic E-state index is -0.142. The fourth-order valence-electron chi connectivity index (χ4n) is 8.46. The third-order valence-electron chi connectivity index (χ3n) is 11.8. The van der Waals surface area contributed by atoms with Crippen molar-refractivity contribution in [1.29, 1.82) is 0 Å². The molecule has 0 fully saturated rings. The Balaban J connectivity index is 0.953. The molecule has 0 radical (unpaired) electrons. The standard InChI is InChI=1S/C56H39N3/c1-56(2)51-33-30-47(34-50(51)49-32-31-48(57-3)35-52(49)56)43-16-14-41(15-17-43)42-20-26-45(27-21-42)54-36-53(44-24-18-39(19-25-44)37-10-6-4-7-11-37)58-55(59-54)46-28-22-40(23-29-46)38-12-8-5-9-13-38/h4-36H,1-2H3. The van der Waals surface area contributed by atoms with Crippen LogP contribution in [0.5, 0.6) is 0 Å². The maximum atomic E-state index is 7.52. The van der Waals surface area contributed by atoms with Crippen molar-refractivity contribution in [2.45, 2.75) is 19.3 Å². The van der Waals surface area contributed by atoms with Gasteiger partial charge in [-0.3, -0.25) is 0 Å². The van der Waals surface area contributed by atoms with Crippen molar-refractivity contribution in [3.8, 4) is 89.5 Å². The zero-order chi connectivity index (χ0) is 39.9. The average Bonchev–Trinajstić information content (AvgIpc) is 3.54. The molecule has 0 saturated carbocycles. The lowest BCUT2D eigenvalue weighted by atomic mass is 9.82. The molecular weight excluding hydrogens is 715 g/mol. The first-order valence-electron chi connectivity index (χ1n) is 20.0. The molecule has 10 rings (SSSR count). The van der Waals surface area contributed by atoms with Gasteiger partial charge in [-0.15, -0.1) is 0 Å². The topological polar surface area (TPSA) is 30.1 Å². The van der Waals surface area contributed by atoms with E-state index in [0.717, 1.165) is 44.8 Å². The van der Waals surface area contributed by atoms with Gasteiger partial charge in [-0.1, -0.05) is 202 Å². The first-order valence-corrected chi connectivity index (χ1v) is 20.0. The van der Waals surface area contributed by atoms with E-state index in [1.807, 2.05) is 18.2 Å². The number of hydrogen-bond donors (Lipinski definition) is 0. The van der Waals surface area contributed by atoms with Crippen LogP contribution in [0, 0.1) is 6.57 Å². The van der Waals surface area contributed by atoms with Crippen LogP contribution in [0.2, 0.25) is 0 Å². The molecular formula is C56H39N3. The van der Waals surface area contributed by atoms with Crippen molar-refractivity contribution < 1.29 is 0 Å². The zero-order valence-corrected chi connectivity index (χ0v) is 32.9. The summed E-state index contributed by atoms with van der Waals surface area (Å²) in [4.78, 5) is 14.0. The number of benzene rings is 8. The number of nitrogens with zero attached hydrogens (tertiary/aromatic N) is 3. The van der Waals surface area contributed by atoms with Gasteiger partial charge in [-0.2, -0.15) is 0 Å². The van der Waals surface area contributed by atoms with Gasteiger partial charge < -0.3 is 0 Å². The summed E-state index contributed by atoms with van der Waals surface area (Å²) in [6.07, 6.45) is 0. The minimum Gasteiger partial charge on any atom is -0.238 e. The van der Waals surface area contributed by atoms with Crippen LogP contribution in [0.1, 0.15) is 25.0 Å². The van der Waals surface area contributed by atoms with Gasteiger partial charge in [-0.05, 0) is 78.9 Å². The molecule has 1 heterocycles. The van der Waals surface area contributed by atoms with Crippen molar-refractivity contribution in [3.05, 3.63) is 223 Å². The maximum Gasteiger partial charge on any atom is 0.187 e. The van der Waals surface area contributed by atoms with Gasteiger partial charge in [0.1, 0.15) is 0 Å². The van der Waals surface area contributed by atoms with E-state index in [9.17, 15) is 0 Å². The highest BCUT2D eigenvalue weighted by Gasteiger charge is 2.35. The predicted octanol–water partition coefficient (Wildman–Crippen LogP) is 15.0. The highest BCUT2D eigenvalue weighted by molar-refractivity contribution is 5.86. The molecule has 0 unspecified atom stereocenters. The van der Waals surface area contributed by atoms with Crippen LogP contribution in [0.3, 0.4) is 0 Å². The molecule has 9 aromatic rings. The van der Waals surface area contributed by atoms with Gasteiger partial charge >= 0.3 is 0 Å². The van der Waals surface area contributed by atoms with Gasteiger partial charge in [0.25, 0.3) is 0 Å². The fraction of sp³-hybridized carbons (Fsp3) is 0.0536. The van der Waals surface area contributed by atoms with Crippen LogP contribution in [0.15, 0.2) is 200 Å². The summed E-state index contributed by atoms with van der Waals surface area (Å²) in [6, 6.07) is 70.6. The van der Waals surface area contributed by atoms with Crippen LogP contribution in [-0.4, -0.2) is 9.97 Å². The molecule has 3 heteroatoms. The molecule has 0 saturated heterocycles. The van der Waals surface area contributed by atoms with Crippen molar-refractivity contribution in [2.75, 3.05) is 0 Å². The van der Waals surface area contributed by atoms with Crippen molar-refractivity contribution in [3.63, 3.8) is 0 Å². The lowest BCUT2D eigenvalue weighted by molar-refractivity contribution is 0.661. The second-order valence-corrected chi connectivity index (χ2v) is 15.7. The summed E-state index contributed by atoms with van der Waals surface area (Å²) in [7, 11) is 0. The van der Waals surface area contributed by atoms with Crippen molar-refractivity contribution in [1.82, 2.24) is 9.97 Å². The number of aromatic nitrogens is 2. The van der Waals surface area contributed by atoms with Crippen LogP contribution in [-0.2, 0) is 5.41 Å². The molecule has 0 spiro atoms. The van der Waals surface area contributed by atoms with Crippen molar-refractivity contribution >= 4 is 5.69 Å². The zero-order valence-electron chi connectivity index (χ0n) is 32.9. The van der Waals surface area contributed by atoms with E-state index in [2.05, 4.69) is 201 Å². The van der Waals surface area contributed by atoms with Crippen LogP contribution < -0.4 is 0 Å². The molecule has 0 N–H and O–H groups in total. The van der Waals surface area contributed by atoms with Crippen molar-refractivity contribution in [2.24, 2.45) is 0 Å². The molecule has 8 aromatic carbocycles. The van der Waals surface area contributed by atoms with Crippen LogP contribution in [0.25, 0.3) is 94.4 Å². The van der Waals surface area contributed by atoms with E-state index in [1.165, 1.54) is 50.1 Å². The summed E-state index contributed by atoms with van der Waals surface area (Å²) >= 11 is 0. The summed E-state index contributed by atoms with van der Waals surface area (Å²) in [5.41, 5.74) is 19.7. The Morgan fingerprint density at radius 3 is 1.24 bits per heavy atom. The van der Waals surface area contributed by atoms with E-state index in [-0.39, 0.29) is 5.41 Å². The summed E-state index contributed by atoms with van der Waals surface area (Å²) in [5.74, 6) is 0.690. The third kappa shape index (κ3) is 6.71. The molecule has 278 valence electrons. The molecule has 59 heavy (non-hydrogen) atoms. The van der Waals surface area contributed by atoms with E-state index in [4.69, 9.17) is 16.5 Å². The fourth-order valence-corrected chi connectivity index (χ4v) is 8.46. The van der Waals surface area contributed by atoms with Gasteiger partial charge in [0.2, 0.25) is 0 Å². The van der Waals surface area contributed by atoms with E-state index < -0.39 is 0 Å². The predicted molar refractivity (Wildman–Crippen MR) is 244 cm³/mol. The lowest BCUT2D eigenvalue weighted by Crippen LogP contribution is -2.14. The first-order chi connectivity index (χ1) is 28.9. The summed E-state index contributed by atoms with van der Waals surface area (Å²) in [5, 5.41) is 0. The second kappa shape index (κ2) is 14.7. The monoisotopic (exact) mass is 753 g/mol. The highest BCUT2D eigenvalue weighted by atomic mass is 14.9. The number of hydrogen-bond acceptors (Lipinski definition) is 2. The Hall–Kier alpha value is -7.67. The molecule has 0 bridgehead atoms. The third-order valence-corrected chi connectivity index (χ3v) is 11.8. The van der Waals surface area contributed by atoms with Gasteiger partial charge in [0, 0.05) is 22.1 Å². The Kier molecular flexibility index (Phi) is 8.89. The summed E-state index contributed by atoms with van der Waals surface area (Å²) in [6.45, 7) is 12.0. The van der Waals surface area contributed by atoms with Gasteiger partial charge in [0.15, 0.2) is 11.5 Å². The summed E-state index contributed by atoms with van der Waals surface area (Å²) < 4.78 is 0. The molecule has 1 aliphatic rings. The average molecular weight is 754 g/mol. The largest absolute Gasteiger partial charge is 0.238 e. The molecule has 0 atom stereocenters. The maximum absolute atomic E-state index is 7.52. The number of fused-ring (bicyclic) bond motifs is 3. The second-order valence-electron chi connectivity index (χ2n) is 15.7. The first kappa shape index (κ1) is 35.7. The molecule has 1 aromatic heterocycles. The van der Waals surface area contributed by atoms with Crippen LogP contribution in [0.4, 0.5) is 5.69 Å². The normalized spacial score (nSPS) is 12.4. The smallest absolute Gasteiger partial charge is 0.187 e. The quantitative estimate of drug-likeness (QED) is 0.152. The Morgan fingerprint density at radius 2 is 0.763 bits per heavy atom. The highest BCUT2D eigenvalue weighted by Crippen LogP contribution is 2.50. The SMILES string of the molecule is [C-]#[N+]c1ccc2c(c1)C(C)(C)c1ccc(-c3ccc(-c4ccc(-c5cc(-c6ccc(-c7ccccc7)cc6)nc(-c6ccc(-c7ccccc7)cc6)n5)cc4)cc3)cc1-2. The van der Waals surface area contributed by atoms with E-state index >= 15 is 0 Å².